The van der Waals surface area contributed by atoms with Gasteiger partial charge in [-0.3, -0.25) is 14.0 Å². The molecule has 0 aliphatic heterocycles. The molecule has 2 aromatic heterocycles. The van der Waals surface area contributed by atoms with Crippen LogP contribution in [0, 0.1) is 11.6 Å². The highest BCUT2D eigenvalue weighted by atomic mass is 19.4. The molecule has 1 N–H and O–H groups in total. The van der Waals surface area contributed by atoms with Crippen molar-refractivity contribution in [2.75, 3.05) is 5.32 Å². The monoisotopic (exact) mass is 445 g/mol. The van der Waals surface area contributed by atoms with E-state index in [1.165, 1.54) is 47.0 Å². The Kier molecular flexibility index (Phi) is 5.21. The van der Waals surface area contributed by atoms with Gasteiger partial charge in [-0.1, -0.05) is 0 Å². The Balaban J connectivity index is 1.86. The van der Waals surface area contributed by atoms with E-state index in [2.05, 4.69) is 4.98 Å². The SMILES string of the molecule is O=C(c1ccc(F)cc1)c1ccc2nc(NC(=O)C(F)(F)F)c(-c3ccc(F)cc3)n2c1. The van der Waals surface area contributed by atoms with Crippen LogP contribution in [0.15, 0.2) is 66.9 Å². The van der Waals surface area contributed by atoms with Crippen molar-refractivity contribution >= 4 is 23.2 Å². The molecule has 0 aliphatic carbocycles. The van der Waals surface area contributed by atoms with Crippen LogP contribution >= 0.6 is 0 Å². The van der Waals surface area contributed by atoms with Gasteiger partial charge in [0.05, 0.1) is 5.69 Å². The van der Waals surface area contributed by atoms with Gasteiger partial charge in [-0.2, -0.15) is 13.2 Å². The fourth-order valence-electron chi connectivity index (χ4n) is 3.10. The number of hydrogen-bond acceptors (Lipinski definition) is 3. The number of amides is 1. The van der Waals surface area contributed by atoms with Gasteiger partial charge in [-0.15, -0.1) is 0 Å². The van der Waals surface area contributed by atoms with E-state index < -0.39 is 35.3 Å². The third-order valence-electron chi connectivity index (χ3n) is 4.59. The lowest BCUT2D eigenvalue weighted by Gasteiger charge is -2.09. The number of rotatable bonds is 4. The summed E-state index contributed by atoms with van der Waals surface area (Å²) in [5, 5.41) is 1.72. The lowest BCUT2D eigenvalue weighted by atomic mass is 10.0. The zero-order valence-electron chi connectivity index (χ0n) is 16.0. The van der Waals surface area contributed by atoms with Gasteiger partial charge in [0.15, 0.2) is 11.6 Å². The second-order valence-corrected chi connectivity index (χ2v) is 6.75. The lowest BCUT2D eigenvalue weighted by Crippen LogP contribution is -2.30. The normalized spacial score (nSPS) is 11.5. The summed E-state index contributed by atoms with van der Waals surface area (Å²) in [5.41, 5.74) is 0.741. The molecule has 0 aliphatic rings. The molecular formula is C22H12F5N3O2. The summed E-state index contributed by atoms with van der Waals surface area (Å²) in [5.74, 6) is -4.20. The van der Waals surface area contributed by atoms with Crippen LogP contribution < -0.4 is 5.32 Å². The van der Waals surface area contributed by atoms with Crippen molar-refractivity contribution in [1.82, 2.24) is 9.38 Å². The molecular weight excluding hydrogens is 433 g/mol. The van der Waals surface area contributed by atoms with Gasteiger partial charge >= 0.3 is 12.1 Å². The first-order valence-corrected chi connectivity index (χ1v) is 9.10. The van der Waals surface area contributed by atoms with Crippen LogP contribution in [0.25, 0.3) is 16.9 Å². The van der Waals surface area contributed by atoms with Gasteiger partial charge in [0.25, 0.3) is 0 Å². The van der Waals surface area contributed by atoms with E-state index in [1.807, 2.05) is 0 Å². The lowest BCUT2D eigenvalue weighted by molar-refractivity contribution is -0.167. The third-order valence-corrected chi connectivity index (χ3v) is 4.59. The first-order chi connectivity index (χ1) is 15.1. The second kappa shape index (κ2) is 7.88. The largest absolute Gasteiger partial charge is 0.471 e. The Morgan fingerprint density at radius 2 is 1.38 bits per heavy atom. The average molecular weight is 445 g/mol. The predicted octanol–water partition coefficient (Wildman–Crippen LogP) is 5.01. The van der Waals surface area contributed by atoms with E-state index in [4.69, 9.17) is 0 Å². The number of nitrogens with one attached hydrogen (secondary N) is 1. The number of pyridine rings is 1. The van der Waals surface area contributed by atoms with E-state index in [-0.39, 0.29) is 28.0 Å². The Hall–Kier alpha value is -4.08. The quantitative estimate of drug-likeness (QED) is 0.355. The molecule has 0 unspecified atom stereocenters. The van der Waals surface area contributed by atoms with Crippen LogP contribution in [0.2, 0.25) is 0 Å². The summed E-state index contributed by atoms with van der Waals surface area (Å²) in [4.78, 5) is 28.3. The minimum absolute atomic E-state index is 0.0198. The minimum atomic E-state index is -5.15. The number of aromatic nitrogens is 2. The summed E-state index contributed by atoms with van der Waals surface area (Å²) in [6.07, 6.45) is -3.82. The summed E-state index contributed by atoms with van der Waals surface area (Å²) in [6, 6.07) is 12.4. The molecule has 0 saturated carbocycles. The molecule has 4 aromatic rings. The number of nitrogens with zero attached hydrogens (tertiary/aromatic N) is 2. The number of benzene rings is 2. The number of anilines is 1. The highest BCUT2D eigenvalue weighted by Crippen LogP contribution is 2.31. The maximum absolute atomic E-state index is 13.4. The molecule has 0 spiro atoms. The fraction of sp³-hybridized carbons (Fsp3) is 0.0455. The molecule has 32 heavy (non-hydrogen) atoms. The van der Waals surface area contributed by atoms with Crippen LogP contribution in [0.5, 0.6) is 0 Å². The molecule has 0 radical (unpaired) electrons. The van der Waals surface area contributed by atoms with Crippen LogP contribution in [0.1, 0.15) is 15.9 Å². The van der Waals surface area contributed by atoms with Crippen molar-refractivity contribution in [3.8, 4) is 11.3 Å². The maximum atomic E-state index is 13.4. The fourth-order valence-corrected chi connectivity index (χ4v) is 3.10. The van der Waals surface area contributed by atoms with Crippen LogP contribution in [0.3, 0.4) is 0 Å². The van der Waals surface area contributed by atoms with Crippen molar-refractivity contribution in [2.45, 2.75) is 6.18 Å². The van der Waals surface area contributed by atoms with Gasteiger partial charge in [0.1, 0.15) is 17.3 Å². The number of hydrogen-bond donors (Lipinski definition) is 1. The number of carbonyl (C=O) groups excluding carboxylic acids is 2. The van der Waals surface area contributed by atoms with E-state index in [0.29, 0.717) is 0 Å². The second-order valence-electron chi connectivity index (χ2n) is 6.75. The molecule has 4 rings (SSSR count). The molecule has 0 bridgehead atoms. The average Bonchev–Trinajstić information content (AvgIpc) is 3.10. The minimum Gasteiger partial charge on any atom is -0.301 e. The van der Waals surface area contributed by atoms with Crippen LogP contribution in [-0.2, 0) is 4.79 Å². The molecule has 0 atom stereocenters. The molecule has 0 fully saturated rings. The van der Waals surface area contributed by atoms with Gasteiger partial charge in [-0.25, -0.2) is 13.8 Å². The zero-order chi connectivity index (χ0) is 23.0. The molecule has 10 heteroatoms. The summed E-state index contributed by atoms with van der Waals surface area (Å²) < 4.78 is 66.2. The van der Waals surface area contributed by atoms with Gasteiger partial charge in [0.2, 0.25) is 0 Å². The molecule has 2 aromatic carbocycles. The standard InChI is InChI=1S/C22H12F5N3O2/c23-15-6-1-12(2-7-15)18-20(29-21(32)22(25,26)27)28-17-10-5-14(11-30(17)18)19(31)13-3-8-16(24)9-4-13/h1-11H,(H,29,32). The predicted molar refractivity (Wildman–Crippen MR) is 105 cm³/mol. The first-order valence-electron chi connectivity index (χ1n) is 9.10. The van der Waals surface area contributed by atoms with E-state index in [9.17, 15) is 31.5 Å². The van der Waals surface area contributed by atoms with Crippen LogP contribution in [0.4, 0.5) is 27.8 Å². The van der Waals surface area contributed by atoms with E-state index in [0.717, 1.165) is 24.3 Å². The number of halogens is 5. The summed E-state index contributed by atoms with van der Waals surface area (Å²) >= 11 is 0. The third kappa shape index (κ3) is 4.07. The van der Waals surface area contributed by atoms with Gasteiger partial charge in [0, 0.05) is 22.9 Å². The number of ketones is 1. The zero-order valence-corrected chi connectivity index (χ0v) is 16.0. The van der Waals surface area contributed by atoms with Gasteiger partial charge < -0.3 is 5.32 Å². The highest BCUT2D eigenvalue weighted by Gasteiger charge is 2.39. The number of fused-ring (bicyclic) bond motifs is 1. The maximum Gasteiger partial charge on any atom is 0.471 e. The smallest absolute Gasteiger partial charge is 0.301 e. The Morgan fingerprint density at radius 1 is 0.812 bits per heavy atom. The van der Waals surface area contributed by atoms with Crippen molar-refractivity contribution in [3.63, 3.8) is 0 Å². The Bertz CT molecular complexity index is 1330. The molecule has 1 amide bonds. The van der Waals surface area contributed by atoms with Crippen LogP contribution in [-0.4, -0.2) is 27.3 Å². The van der Waals surface area contributed by atoms with Gasteiger partial charge in [-0.05, 0) is 60.7 Å². The topological polar surface area (TPSA) is 63.5 Å². The van der Waals surface area contributed by atoms with Crippen molar-refractivity contribution in [2.24, 2.45) is 0 Å². The number of carbonyl (C=O) groups is 2. The molecule has 5 nitrogen and oxygen atoms in total. The first kappa shape index (κ1) is 21.2. The number of alkyl halides is 3. The molecule has 162 valence electrons. The van der Waals surface area contributed by atoms with Crippen molar-refractivity contribution in [3.05, 3.63) is 89.6 Å². The summed E-state index contributed by atoms with van der Waals surface area (Å²) in [7, 11) is 0. The Labute approximate surface area is 177 Å². The summed E-state index contributed by atoms with van der Waals surface area (Å²) in [6.45, 7) is 0. The van der Waals surface area contributed by atoms with Crippen molar-refractivity contribution < 1.29 is 31.5 Å². The molecule has 0 saturated heterocycles. The Morgan fingerprint density at radius 3 is 1.97 bits per heavy atom. The van der Waals surface area contributed by atoms with Crippen molar-refractivity contribution in [1.29, 1.82) is 0 Å². The molecule has 2 heterocycles. The highest BCUT2D eigenvalue weighted by molar-refractivity contribution is 6.09. The van der Waals surface area contributed by atoms with E-state index in [1.54, 1.807) is 5.32 Å². The van der Waals surface area contributed by atoms with E-state index >= 15 is 0 Å². The number of imidazole rings is 1.